The van der Waals surface area contributed by atoms with E-state index in [9.17, 15) is 0 Å². The minimum atomic E-state index is -0.136. The molecule has 0 aromatic carbocycles. The summed E-state index contributed by atoms with van der Waals surface area (Å²) in [4.78, 5) is 0. The predicted octanol–water partition coefficient (Wildman–Crippen LogP) is -0.240. The van der Waals surface area contributed by atoms with Crippen LogP contribution in [0.25, 0.3) is 0 Å². The van der Waals surface area contributed by atoms with E-state index in [1.807, 2.05) is 0 Å². The van der Waals surface area contributed by atoms with Gasteiger partial charge in [-0.05, 0) is 0 Å². The van der Waals surface area contributed by atoms with Gasteiger partial charge < -0.3 is 12.4 Å². The molecule has 0 atom stereocenters. The van der Waals surface area contributed by atoms with E-state index in [-0.39, 0.29) is 32.2 Å². The van der Waals surface area contributed by atoms with Gasteiger partial charge in [-0.1, -0.05) is 0 Å². The molecule has 0 fully saturated rings. The fraction of sp³-hybridized carbons (Fsp3) is 0.200. The third-order valence-corrected chi connectivity index (χ3v) is 4.83. The maximum Gasteiger partial charge on any atom is -1.00 e. The van der Waals surface area contributed by atoms with Gasteiger partial charge in [-0.2, -0.15) is 0 Å². The molecule has 0 bridgehead atoms. The van der Waals surface area contributed by atoms with E-state index in [2.05, 4.69) is 36.5 Å². The van der Waals surface area contributed by atoms with E-state index in [4.69, 9.17) is 0 Å². The molecule has 0 unspecified atom stereocenters. The second kappa shape index (κ2) is 4.88. The fourth-order valence-corrected chi connectivity index (χ4v) is 3.89. The van der Waals surface area contributed by atoms with Crippen LogP contribution >= 0.6 is 0 Å². The average molecular weight is 259 g/mol. The van der Waals surface area contributed by atoms with Crippen molar-refractivity contribution in [1.29, 1.82) is 0 Å². The third kappa shape index (κ3) is 2.49. The molecule has 0 amide bonds. The molecule has 0 heterocycles. The van der Waals surface area contributed by atoms with Crippen molar-refractivity contribution in [3.8, 4) is 0 Å². The summed E-state index contributed by atoms with van der Waals surface area (Å²) in [6.07, 6.45) is 16.0. The van der Waals surface area contributed by atoms with E-state index in [1.54, 1.807) is 7.58 Å². The number of allylic oxidation sites excluding steroid dienone is 8. The molecule has 0 nitrogen and oxygen atoms in total. The number of hydrogen-bond acceptors (Lipinski definition) is 0. The summed E-state index contributed by atoms with van der Waals surface area (Å²) in [5, 5.41) is 0. The van der Waals surface area contributed by atoms with E-state index >= 15 is 0 Å². The van der Waals surface area contributed by atoms with Crippen molar-refractivity contribution in [2.24, 2.45) is 0 Å². The van der Waals surface area contributed by atoms with Gasteiger partial charge in [0.1, 0.15) is 0 Å². The summed E-state index contributed by atoms with van der Waals surface area (Å²) in [6, 6.07) is 0. The molecule has 2 aliphatic rings. The zero-order chi connectivity index (χ0) is 7.52. The summed E-state index contributed by atoms with van der Waals surface area (Å²) >= 11 is -0.136. The molecule has 62 valence electrons. The first-order valence-electron chi connectivity index (χ1n) is 3.88. The first-order valence-corrected chi connectivity index (χ1v) is 6.08. The van der Waals surface area contributed by atoms with Gasteiger partial charge in [0, 0.05) is 0 Å². The number of hydrogen-bond donors (Lipinski definition) is 0. The van der Waals surface area contributed by atoms with Gasteiger partial charge in [0.25, 0.3) is 0 Å². The molecule has 0 N–H and O–H groups in total. The third-order valence-electron chi connectivity index (χ3n) is 1.79. The molecule has 0 saturated carbocycles. The second-order valence-corrected chi connectivity index (χ2v) is 6.07. The van der Waals surface area contributed by atoms with Crippen molar-refractivity contribution < 1.29 is 32.2 Å². The Labute approximate surface area is 88.8 Å². The van der Waals surface area contributed by atoms with Gasteiger partial charge >= 0.3 is 76.6 Å². The van der Waals surface area contributed by atoms with Crippen LogP contribution in [-0.4, -0.2) is 0 Å². The van der Waals surface area contributed by atoms with Crippen molar-refractivity contribution >= 4 is 0 Å². The monoisotopic (exact) mass is 258 g/mol. The van der Waals surface area contributed by atoms with Crippen LogP contribution in [-0.2, 0) is 19.8 Å². The Morgan fingerprint density at radius 1 is 0.917 bits per heavy atom. The minimum absolute atomic E-state index is 0. The molecular weight excluding hydrogens is 248 g/mol. The summed E-state index contributed by atoms with van der Waals surface area (Å²) in [7, 11) is 0. The summed E-state index contributed by atoms with van der Waals surface area (Å²) < 4.78 is 3.41. The van der Waals surface area contributed by atoms with Gasteiger partial charge in [0.2, 0.25) is 0 Å². The number of rotatable bonds is 2. The average Bonchev–Trinajstić information content (AvgIpc) is 2.60. The van der Waals surface area contributed by atoms with Gasteiger partial charge in [-0.15, -0.1) is 0 Å². The maximum absolute atomic E-state index is 2.30. The van der Waals surface area contributed by atoms with Crippen LogP contribution in [0.15, 0.2) is 44.0 Å². The first-order chi connectivity index (χ1) is 5.45. The van der Waals surface area contributed by atoms with Crippen molar-refractivity contribution in [2.75, 3.05) is 0 Å². The Morgan fingerprint density at radius 3 is 1.75 bits per heavy atom. The van der Waals surface area contributed by atoms with Crippen molar-refractivity contribution in [2.45, 2.75) is 12.8 Å². The fourth-order valence-electron chi connectivity index (χ4n) is 1.22. The standard InChI is InChI=1S/2C5H5.ClH.Nb/c2*1-2-4-5-3-1;;/h2*1-3H,4H2;1H;/q;;;+1/p-1. The quantitative estimate of drug-likeness (QED) is 0.600. The Hall–Kier alpha value is -0.00974. The summed E-state index contributed by atoms with van der Waals surface area (Å²) in [6.45, 7) is 0. The zero-order valence-corrected chi connectivity index (χ0v) is 9.66. The topological polar surface area (TPSA) is 0 Å². The van der Waals surface area contributed by atoms with E-state index < -0.39 is 0 Å². The van der Waals surface area contributed by atoms with E-state index in [0.717, 1.165) is 0 Å². The SMILES string of the molecule is C1=CC[C]([Nb+][C]2=CC=CC2)=C1.[Cl-]. The number of halogens is 1. The Kier molecular flexibility index (Phi) is 4.10. The Bertz CT molecular complexity index is 244. The molecule has 2 rings (SSSR count). The van der Waals surface area contributed by atoms with Crippen molar-refractivity contribution in [3.63, 3.8) is 0 Å². The Morgan fingerprint density at radius 2 is 1.42 bits per heavy atom. The molecular formula is C10H10ClNb. The molecule has 0 spiro atoms. The molecule has 0 aromatic rings. The zero-order valence-electron chi connectivity index (χ0n) is 6.70. The van der Waals surface area contributed by atoms with Gasteiger partial charge in [0.15, 0.2) is 0 Å². The molecule has 0 aliphatic heterocycles. The summed E-state index contributed by atoms with van der Waals surface area (Å²) in [5.41, 5.74) is 0. The molecule has 2 aliphatic carbocycles. The molecule has 12 heavy (non-hydrogen) atoms. The smallest absolute Gasteiger partial charge is 1.00 e. The van der Waals surface area contributed by atoms with E-state index in [1.165, 1.54) is 12.8 Å². The van der Waals surface area contributed by atoms with E-state index in [0.29, 0.717) is 0 Å². The first kappa shape index (κ1) is 10.1. The molecule has 0 aromatic heterocycles. The molecule has 2 heteroatoms. The predicted molar refractivity (Wildman–Crippen MR) is 43.7 cm³/mol. The van der Waals surface area contributed by atoms with Crippen LogP contribution in [0.4, 0.5) is 0 Å². The van der Waals surface area contributed by atoms with Crippen LogP contribution in [0.5, 0.6) is 0 Å². The van der Waals surface area contributed by atoms with Crippen LogP contribution < -0.4 is 12.4 Å². The normalized spacial score (nSPS) is 18.7. The van der Waals surface area contributed by atoms with Crippen LogP contribution in [0, 0.1) is 0 Å². The largest absolute Gasteiger partial charge is 1.00 e. The second-order valence-electron chi connectivity index (χ2n) is 2.69. The minimum Gasteiger partial charge on any atom is -1.00 e. The van der Waals surface area contributed by atoms with Gasteiger partial charge in [-0.25, -0.2) is 0 Å². The Balaban J connectivity index is 0.000000720. The van der Waals surface area contributed by atoms with Crippen molar-refractivity contribution in [3.05, 3.63) is 44.0 Å². The van der Waals surface area contributed by atoms with Crippen LogP contribution in [0.3, 0.4) is 0 Å². The van der Waals surface area contributed by atoms with Crippen LogP contribution in [0.2, 0.25) is 0 Å². The maximum atomic E-state index is 2.30. The summed E-state index contributed by atoms with van der Waals surface area (Å²) in [5.74, 6) is 0. The van der Waals surface area contributed by atoms with Crippen molar-refractivity contribution in [1.82, 2.24) is 0 Å². The van der Waals surface area contributed by atoms with Gasteiger partial charge in [0.05, 0.1) is 0 Å². The van der Waals surface area contributed by atoms with Crippen LogP contribution in [0.1, 0.15) is 12.8 Å². The van der Waals surface area contributed by atoms with Gasteiger partial charge in [-0.3, -0.25) is 0 Å². The molecule has 0 saturated heterocycles. The molecule has 0 radical (unpaired) electrons.